The molecule has 1 aromatic rings. The summed E-state index contributed by atoms with van der Waals surface area (Å²) in [4.78, 5) is 29.2. The van der Waals surface area contributed by atoms with Crippen LogP contribution in [0.1, 0.15) is 48.9 Å². The van der Waals surface area contributed by atoms with Crippen molar-refractivity contribution in [1.82, 2.24) is 0 Å². The van der Waals surface area contributed by atoms with Gasteiger partial charge >= 0.3 is 7.60 Å². The number of rotatable bonds is 10. The van der Waals surface area contributed by atoms with Crippen LogP contribution in [0.3, 0.4) is 0 Å². The third kappa shape index (κ3) is 9.98. The quantitative estimate of drug-likeness (QED) is 0.359. The van der Waals surface area contributed by atoms with Gasteiger partial charge in [0.25, 0.3) is 0 Å². The van der Waals surface area contributed by atoms with E-state index in [0.717, 1.165) is 28.2 Å². The van der Waals surface area contributed by atoms with Crippen molar-refractivity contribution in [3.05, 3.63) is 38.6 Å². The molecule has 0 aliphatic rings. The molecule has 1 unspecified atom stereocenters. The predicted molar refractivity (Wildman–Crippen MR) is 108 cm³/mol. The summed E-state index contributed by atoms with van der Waals surface area (Å²) in [7, 11) is -8.54. The van der Waals surface area contributed by atoms with E-state index in [2.05, 4.69) is 32.9 Å². The maximum absolute atomic E-state index is 11.7. The lowest BCUT2D eigenvalue weighted by Crippen LogP contribution is -2.00. The first-order valence-corrected chi connectivity index (χ1v) is 12.9. The second-order valence-electron chi connectivity index (χ2n) is 6.70. The van der Waals surface area contributed by atoms with Gasteiger partial charge in [-0.2, -0.15) is 0 Å². The zero-order chi connectivity index (χ0) is 20.0. The van der Waals surface area contributed by atoms with E-state index in [1.807, 2.05) is 13.0 Å². The van der Waals surface area contributed by atoms with Crippen LogP contribution in [0.2, 0.25) is 0 Å². The van der Waals surface area contributed by atoms with Crippen LogP contribution in [0.5, 0.6) is 0 Å². The second kappa shape index (κ2) is 10.1. The minimum atomic E-state index is -4.54. The van der Waals surface area contributed by atoms with Gasteiger partial charge in [0, 0.05) is 9.75 Å². The van der Waals surface area contributed by atoms with E-state index in [9.17, 15) is 14.0 Å². The Kier molecular flexibility index (Phi) is 9.17. The van der Waals surface area contributed by atoms with Gasteiger partial charge in [-0.1, -0.05) is 17.2 Å². The molecule has 1 atom stereocenters. The molecule has 0 spiro atoms. The van der Waals surface area contributed by atoms with Crippen molar-refractivity contribution >= 4 is 32.4 Å². The molecule has 0 saturated heterocycles. The van der Waals surface area contributed by atoms with E-state index in [0.29, 0.717) is 0 Å². The standard InChI is InChI=1S/C17H28O6P2S/c1-13(2)6-5-7-14(3)8-16-9-15(4)17(26-16)10-23-11-24(18,19)12-25(20,21)22/h6,8-9H,5,7,10-12H2,1-4H3,(H,18,19)(H2,20,21,22). The Hall–Kier alpha value is -0.520. The van der Waals surface area contributed by atoms with Gasteiger partial charge in [0.05, 0.1) is 6.61 Å². The normalized spacial score (nSPS) is 15.0. The Bertz CT molecular complexity index is 755. The van der Waals surface area contributed by atoms with Crippen molar-refractivity contribution in [2.45, 2.75) is 47.1 Å². The molecule has 9 heteroatoms. The van der Waals surface area contributed by atoms with Crippen LogP contribution < -0.4 is 0 Å². The molecule has 0 aliphatic carbocycles. The largest absolute Gasteiger partial charge is 0.366 e. The minimum Gasteiger partial charge on any atom is -0.366 e. The van der Waals surface area contributed by atoms with Gasteiger partial charge in [0.2, 0.25) is 7.37 Å². The van der Waals surface area contributed by atoms with Crippen molar-refractivity contribution in [2.24, 2.45) is 0 Å². The molecule has 0 amide bonds. The second-order valence-corrected chi connectivity index (χ2v) is 12.3. The zero-order valence-corrected chi connectivity index (χ0v) is 18.2. The summed E-state index contributed by atoms with van der Waals surface area (Å²) in [6.07, 6.45) is 5.77. The van der Waals surface area contributed by atoms with Gasteiger partial charge < -0.3 is 19.4 Å². The molecule has 0 saturated carbocycles. The van der Waals surface area contributed by atoms with Crippen LogP contribution >= 0.6 is 26.3 Å². The molecule has 26 heavy (non-hydrogen) atoms. The maximum Gasteiger partial charge on any atom is 0.335 e. The molecule has 3 N–H and O–H groups in total. The van der Waals surface area contributed by atoms with Crippen molar-refractivity contribution in [3.8, 4) is 0 Å². The topological polar surface area (TPSA) is 104 Å². The van der Waals surface area contributed by atoms with Gasteiger partial charge in [-0.25, -0.2) is 0 Å². The van der Waals surface area contributed by atoms with Gasteiger partial charge in [-0.3, -0.25) is 9.13 Å². The molecule has 1 heterocycles. The monoisotopic (exact) mass is 422 g/mol. The third-order valence-electron chi connectivity index (χ3n) is 3.45. The Morgan fingerprint density at radius 1 is 1.23 bits per heavy atom. The summed E-state index contributed by atoms with van der Waals surface area (Å²) in [5.74, 6) is -1.05. The van der Waals surface area contributed by atoms with Crippen LogP contribution in [0.4, 0.5) is 0 Å². The van der Waals surface area contributed by atoms with E-state index in [1.165, 1.54) is 11.1 Å². The highest BCUT2D eigenvalue weighted by Gasteiger charge is 2.29. The highest BCUT2D eigenvalue weighted by molar-refractivity contribution is 7.72. The van der Waals surface area contributed by atoms with E-state index in [-0.39, 0.29) is 6.61 Å². The summed E-state index contributed by atoms with van der Waals surface area (Å²) in [6, 6.07) is 2.04. The van der Waals surface area contributed by atoms with Crippen LogP contribution in [0.25, 0.3) is 6.08 Å². The van der Waals surface area contributed by atoms with Gasteiger partial charge in [-0.15, -0.1) is 11.3 Å². The average Bonchev–Trinajstić information content (AvgIpc) is 2.75. The Morgan fingerprint density at radius 3 is 2.46 bits per heavy atom. The summed E-state index contributed by atoms with van der Waals surface area (Å²) >= 11 is 1.55. The van der Waals surface area contributed by atoms with Crippen LogP contribution in [-0.4, -0.2) is 26.9 Å². The number of ether oxygens (including phenoxy) is 1. The van der Waals surface area contributed by atoms with E-state index >= 15 is 0 Å². The lowest BCUT2D eigenvalue weighted by atomic mass is 10.1. The van der Waals surface area contributed by atoms with Crippen molar-refractivity contribution in [3.63, 3.8) is 0 Å². The molecule has 1 aromatic heterocycles. The Balaban J connectivity index is 2.61. The molecule has 0 aliphatic heterocycles. The van der Waals surface area contributed by atoms with Crippen molar-refractivity contribution in [2.75, 3.05) is 12.3 Å². The summed E-state index contributed by atoms with van der Waals surface area (Å²) in [5.41, 5.74) is 3.61. The predicted octanol–water partition coefficient (Wildman–Crippen LogP) is 5.09. The maximum atomic E-state index is 11.7. The highest BCUT2D eigenvalue weighted by atomic mass is 32.1. The van der Waals surface area contributed by atoms with Gasteiger partial charge in [0.15, 0.2) is 0 Å². The molecule has 0 aromatic carbocycles. The van der Waals surface area contributed by atoms with Crippen LogP contribution in [0, 0.1) is 6.92 Å². The molecule has 6 nitrogen and oxygen atoms in total. The Labute approximate surface area is 159 Å². The van der Waals surface area contributed by atoms with Crippen LogP contribution in [-0.2, 0) is 20.5 Å². The van der Waals surface area contributed by atoms with Gasteiger partial charge in [-0.05, 0) is 58.2 Å². The lowest BCUT2D eigenvalue weighted by molar-refractivity contribution is 0.157. The summed E-state index contributed by atoms with van der Waals surface area (Å²) in [5, 5.41) is 0. The fourth-order valence-corrected chi connectivity index (χ4v) is 6.42. The molecule has 148 valence electrons. The lowest BCUT2D eigenvalue weighted by Gasteiger charge is -2.12. The van der Waals surface area contributed by atoms with Crippen molar-refractivity contribution < 1.29 is 28.5 Å². The zero-order valence-electron chi connectivity index (χ0n) is 15.6. The number of hydrogen-bond donors (Lipinski definition) is 3. The summed E-state index contributed by atoms with van der Waals surface area (Å²) in [6.45, 7) is 8.35. The third-order valence-corrected chi connectivity index (χ3v) is 8.44. The average molecular weight is 422 g/mol. The smallest absolute Gasteiger partial charge is 0.335 e. The van der Waals surface area contributed by atoms with Crippen LogP contribution in [0.15, 0.2) is 23.3 Å². The first-order chi connectivity index (χ1) is 11.9. The number of hydrogen-bond acceptors (Lipinski definition) is 4. The van der Waals surface area contributed by atoms with E-state index in [1.54, 1.807) is 11.3 Å². The fourth-order valence-electron chi connectivity index (χ4n) is 2.27. The Morgan fingerprint density at radius 2 is 1.88 bits per heavy atom. The molecular formula is C17H28O6P2S. The molecule has 0 bridgehead atoms. The fraction of sp³-hybridized carbons (Fsp3) is 0.529. The first-order valence-electron chi connectivity index (χ1n) is 8.21. The number of thiophene rings is 1. The van der Waals surface area contributed by atoms with E-state index < -0.39 is 27.2 Å². The molecule has 0 fully saturated rings. The molecular weight excluding hydrogens is 394 g/mol. The number of aryl methyl sites for hydroxylation is 1. The SMILES string of the molecule is CC(C)=CCCC(C)=Cc1cc(C)c(COCP(=O)(O)CP(=O)(O)O)s1. The first kappa shape index (κ1) is 23.5. The van der Waals surface area contributed by atoms with Gasteiger partial charge in [0.1, 0.15) is 12.3 Å². The minimum absolute atomic E-state index is 0.146. The molecule has 0 radical (unpaired) electrons. The van der Waals surface area contributed by atoms with Crippen molar-refractivity contribution in [1.29, 1.82) is 0 Å². The van der Waals surface area contributed by atoms with E-state index in [4.69, 9.17) is 14.5 Å². The molecule has 1 rings (SSSR count). The number of allylic oxidation sites excluding steroid dienone is 3. The highest BCUT2D eigenvalue weighted by Crippen LogP contribution is 2.54. The summed E-state index contributed by atoms with van der Waals surface area (Å²) < 4.78 is 27.8.